The van der Waals surface area contributed by atoms with Crippen LogP contribution >= 0.6 is 46.5 Å². The molecule has 0 bridgehead atoms. The van der Waals surface area contributed by atoms with Crippen LogP contribution in [0.25, 0.3) is 0 Å². The van der Waals surface area contributed by atoms with Gasteiger partial charge >= 0.3 is 0 Å². The maximum absolute atomic E-state index is 12.1. The number of anilines is 1. The summed E-state index contributed by atoms with van der Waals surface area (Å²) >= 11 is 10.2. The van der Waals surface area contributed by atoms with E-state index in [1.807, 2.05) is 13.2 Å². The Morgan fingerprint density at radius 3 is 2.55 bits per heavy atom. The lowest BCUT2D eigenvalue weighted by atomic mass is 10.3. The molecular weight excluding hydrogens is 334 g/mol. The first kappa shape index (κ1) is 15.6. The van der Waals surface area contributed by atoms with Crippen molar-refractivity contribution in [1.82, 2.24) is 10.2 Å². The zero-order chi connectivity index (χ0) is 14.5. The van der Waals surface area contributed by atoms with Gasteiger partial charge in [-0.15, -0.1) is 10.2 Å². The number of hydrogen-bond donors (Lipinski definition) is 1. The molecule has 2 aromatic rings. The van der Waals surface area contributed by atoms with Gasteiger partial charge < -0.3 is 5.32 Å². The fourth-order valence-electron chi connectivity index (χ4n) is 1.31. The molecule has 106 valence electrons. The van der Waals surface area contributed by atoms with E-state index >= 15 is 0 Å². The summed E-state index contributed by atoms with van der Waals surface area (Å²) in [7, 11) is 0. The number of carbonyl (C=O) groups is 1. The lowest BCUT2D eigenvalue weighted by molar-refractivity contribution is -0.115. The first-order valence-corrected chi connectivity index (χ1v) is 8.99. The number of hydrogen-bond acceptors (Lipinski definition) is 6. The molecule has 1 unspecified atom stereocenters. The van der Waals surface area contributed by atoms with E-state index in [9.17, 15) is 4.79 Å². The zero-order valence-electron chi connectivity index (χ0n) is 10.8. The van der Waals surface area contributed by atoms with Crippen molar-refractivity contribution in [1.29, 1.82) is 0 Å². The minimum atomic E-state index is -0.242. The molecule has 0 aliphatic carbocycles. The van der Waals surface area contributed by atoms with E-state index in [-0.39, 0.29) is 11.2 Å². The zero-order valence-corrected chi connectivity index (χ0v) is 14.0. The van der Waals surface area contributed by atoms with Gasteiger partial charge in [0.15, 0.2) is 8.68 Å². The van der Waals surface area contributed by atoms with E-state index in [1.165, 1.54) is 23.1 Å². The molecule has 1 heterocycles. The number of aromatic nitrogens is 2. The normalized spacial score (nSPS) is 12.2. The summed E-state index contributed by atoms with van der Waals surface area (Å²) < 4.78 is 1.70. The van der Waals surface area contributed by atoms with Crippen molar-refractivity contribution in [2.75, 3.05) is 11.6 Å². The monoisotopic (exact) mass is 345 g/mol. The Labute approximate surface area is 134 Å². The highest BCUT2D eigenvalue weighted by Gasteiger charge is 2.17. The van der Waals surface area contributed by atoms with E-state index in [1.54, 1.807) is 36.0 Å². The number of nitrogens with one attached hydrogen (secondary N) is 1. The Morgan fingerprint density at radius 2 is 1.95 bits per heavy atom. The number of nitrogens with zero attached hydrogens (tertiary/aromatic N) is 2. The minimum absolute atomic E-state index is 0.0711. The molecule has 0 radical (unpaired) electrons. The standard InChI is InChI=1S/C12H12ClN3OS3/c1-7(19-12-16-15-11(18-2)20-12)10(17)14-9-5-3-8(13)4-6-9/h3-7H,1-2H3,(H,14,17). The maximum Gasteiger partial charge on any atom is 0.237 e. The minimum Gasteiger partial charge on any atom is -0.325 e. The third-order valence-corrected chi connectivity index (χ3v) is 5.66. The van der Waals surface area contributed by atoms with E-state index in [2.05, 4.69) is 15.5 Å². The number of rotatable bonds is 5. The largest absolute Gasteiger partial charge is 0.325 e. The molecule has 1 aromatic heterocycles. The average Bonchev–Trinajstić information content (AvgIpc) is 2.89. The lowest BCUT2D eigenvalue weighted by Crippen LogP contribution is -2.22. The van der Waals surface area contributed by atoms with Crippen molar-refractivity contribution < 1.29 is 4.79 Å². The molecule has 0 spiro atoms. The van der Waals surface area contributed by atoms with Crippen LogP contribution in [0, 0.1) is 0 Å². The number of amides is 1. The van der Waals surface area contributed by atoms with Gasteiger partial charge in [0.05, 0.1) is 5.25 Å². The molecule has 4 nitrogen and oxygen atoms in total. The third kappa shape index (κ3) is 4.37. The van der Waals surface area contributed by atoms with Gasteiger partial charge in [-0.3, -0.25) is 4.79 Å². The van der Waals surface area contributed by atoms with Crippen LogP contribution in [0.5, 0.6) is 0 Å². The molecule has 1 atom stereocenters. The SMILES string of the molecule is CSc1nnc(SC(C)C(=O)Nc2ccc(Cl)cc2)s1. The highest BCUT2D eigenvalue weighted by molar-refractivity contribution is 8.03. The summed E-state index contributed by atoms with van der Waals surface area (Å²) in [6.45, 7) is 1.84. The number of thioether (sulfide) groups is 2. The smallest absolute Gasteiger partial charge is 0.237 e. The first-order chi connectivity index (χ1) is 9.58. The molecule has 0 aliphatic heterocycles. The Balaban J connectivity index is 1.93. The van der Waals surface area contributed by atoms with Crippen LogP contribution in [0.3, 0.4) is 0 Å². The number of benzene rings is 1. The van der Waals surface area contributed by atoms with Gasteiger partial charge in [0.1, 0.15) is 0 Å². The molecule has 1 N–H and O–H groups in total. The summed E-state index contributed by atoms with van der Waals surface area (Å²) in [6.07, 6.45) is 1.95. The molecule has 0 saturated heterocycles. The molecule has 1 amide bonds. The van der Waals surface area contributed by atoms with Gasteiger partial charge in [0.25, 0.3) is 0 Å². The fourth-order valence-corrected chi connectivity index (χ4v) is 4.02. The summed E-state index contributed by atoms with van der Waals surface area (Å²) in [5, 5.41) is 11.3. The second-order valence-electron chi connectivity index (χ2n) is 3.79. The van der Waals surface area contributed by atoms with Crippen LogP contribution < -0.4 is 5.32 Å². The van der Waals surface area contributed by atoms with E-state index in [0.29, 0.717) is 5.02 Å². The van der Waals surface area contributed by atoms with Crippen molar-refractivity contribution in [2.45, 2.75) is 20.9 Å². The van der Waals surface area contributed by atoms with Gasteiger partial charge in [0, 0.05) is 10.7 Å². The second kappa shape index (κ2) is 7.31. The fraction of sp³-hybridized carbons (Fsp3) is 0.250. The molecule has 8 heteroatoms. The van der Waals surface area contributed by atoms with E-state index < -0.39 is 0 Å². The van der Waals surface area contributed by atoms with Crippen LogP contribution in [-0.4, -0.2) is 27.6 Å². The van der Waals surface area contributed by atoms with Gasteiger partial charge in [-0.1, -0.05) is 46.5 Å². The maximum atomic E-state index is 12.1. The molecule has 0 saturated carbocycles. The van der Waals surface area contributed by atoms with Crippen molar-refractivity contribution in [2.24, 2.45) is 0 Å². The predicted octanol–water partition coefficient (Wildman–Crippen LogP) is 4.03. The molecule has 0 fully saturated rings. The molecule has 20 heavy (non-hydrogen) atoms. The quantitative estimate of drug-likeness (QED) is 0.829. The lowest BCUT2D eigenvalue weighted by Gasteiger charge is -2.10. The van der Waals surface area contributed by atoms with E-state index in [0.717, 1.165) is 14.4 Å². The highest BCUT2D eigenvalue weighted by Crippen LogP contribution is 2.30. The van der Waals surface area contributed by atoms with Crippen LogP contribution in [0.1, 0.15) is 6.92 Å². The Hall–Kier alpha value is -0.760. The van der Waals surface area contributed by atoms with Crippen molar-refractivity contribution in [3.63, 3.8) is 0 Å². The van der Waals surface area contributed by atoms with Crippen LogP contribution in [-0.2, 0) is 4.79 Å². The van der Waals surface area contributed by atoms with Crippen molar-refractivity contribution >= 4 is 58.1 Å². The van der Waals surface area contributed by atoms with Crippen LogP contribution in [0.4, 0.5) is 5.69 Å². The van der Waals surface area contributed by atoms with Crippen molar-refractivity contribution in [3.8, 4) is 0 Å². The van der Waals surface area contributed by atoms with Gasteiger partial charge in [-0.05, 0) is 37.4 Å². The second-order valence-corrected chi connectivity index (χ2v) is 7.85. The Bertz CT molecular complexity index is 588. The third-order valence-electron chi connectivity index (χ3n) is 2.32. The number of halogens is 1. The van der Waals surface area contributed by atoms with E-state index in [4.69, 9.17) is 11.6 Å². The van der Waals surface area contributed by atoms with Gasteiger partial charge in [0.2, 0.25) is 5.91 Å². The summed E-state index contributed by atoms with van der Waals surface area (Å²) in [5.74, 6) is -0.0711. The van der Waals surface area contributed by atoms with Crippen molar-refractivity contribution in [3.05, 3.63) is 29.3 Å². The molecule has 0 aliphatic rings. The first-order valence-electron chi connectivity index (χ1n) is 5.69. The molecule has 2 rings (SSSR count). The average molecular weight is 346 g/mol. The topological polar surface area (TPSA) is 54.9 Å². The molecular formula is C12H12ClN3OS3. The summed E-state index contributed by atoms with van der Waals surface area (Å²) in [6, 6.07) is 7.03. The Morgan fingerprint density at radius 1 is 1.30 bits per heavy atom. The van der Waals surface area contributed by atoms with Gasteiger partial charge in [-0.25, -0.2) is 0 Å². The van der Waals surface area contributed by atoms with Gasteiger partial charge in [-0.2, -0.15) is 0 Å². The Kier molecular flexibility index (Phi) is 5.71. The molecule has 1 aromatic carbocycles. The number of carbonyl (C=O) groups excluding carboxylic acids is 1. The highest BCUT2D eigenvalue weighted by atomic mass is 35.5. The predicted molar refractivity (Wildman–Crippen MR) is 87.1 cm³/mol. The summed E-state index contributed by atoms with van der Waals surface area (Å²) in [4.78, 5) is 12.1. The van der Waals surface area contributed by atoms with Crippen LogP contribution in [0.2, 0.25) is 5.02 Å². The van der Waals surface area contributed by atoms with Crippen LogP contribution in [0.15, 0.2) is 32.9 Å². The summed E-state index contributed by atoms with van der Waals surface area (Å²) in [5.41, 5.74) is 0.730.